The number of aliphatic imine (C=N–C) groups is 1. The highest BCUT2D eigenvalue weighted by Gasteiger charge is 2.10. The molecule has 1 aromatic rings. The van der Waals surface area contributed by atoms with Crippen molar-refractivity contribution in [3.05, 3.63) is 23.0 Å². The fraction of sp³-hybridized carbons (Fsp3) is 0.364. The third-order valence-corrected chi connectivity index (χ3v) is 2.22. The molecule has 0 heterocycles. The molecule has 0 bridgehead atoms. The van der Waals surface area contributed by atoms with E-state index in [2.05, 4.69) is 27.7 Å². The fourth-order valence-electron chi connectivity index (χ4n) is 1.17. The summed E-state index contributed by atoms with van der Waals surface area (Å²) in [5, 5.41) is 5.16. The molecule has 17 heavy (non-hydrogen) atoms. The molecule has 0 saturated carbocycles. The first-order valence-corrected chi connectivity index (χ1v) is 5.76. The molecule has 0 aliphatic rings. The Bertz CT molecular complexity index is 447. The minimum absolute atomic E-state index is 0.0372. The summed E-state index contributed by atoms with van der Waals surface area (Å²) in [7, 11) is 0. The van der Waals surface area contributed by atoms with E-state index < -0.39 is 5.82 Å². The van der Waals surface area contributed by atoms with Crippen LogP contribution >= 0.6 is 23.8 Å². The monoisotopic (exact) mass is 274 g/mol. The zero-order valence-corrected chi connectivity index (χ0v) is 11.0. The Balaban J connectivity index is 2.92. The molecule has 0 unspecified atom stereocenters. The number of isothiocyanates is 1. The van der Waals surface area contributed by atoms with Crippen LogP contribution < -0.4 is 10.1 Å². The van der Waals surface area contributed by atoms with Crippen LogP contribution in [0.1, 0.15) is 13.8 Å². The minimum Gasteiger partial charge on any atom is -0.489 e. The van der Waals surface area contributed by atoms with Gasteiger partial charge in [-0.3, -0.25) is 0 Å². The van der Waals surface area contributed by atoms with Crippen LogP contribution in [0.5, 0.6) is 5.75 Å². The molecule has 6 heteroatoms. The van der Waals surface area contributed by atoms with Gasteiger partial charge < -0.3 is 10.1 Å². The van der Waals surface area contributed by atoms with Gasteiger partial charge in [-0.2, -0.15) is 0 Å². The summed E-state index contributed by atoms with van der Waals surface area (Å²) in [6.07, 6.45) is -0.0372. The Morgan fingerprint density at radius 3 is 2.88 bits per heavy atom. The number of anilines is 1. The van der Waals surface area contributed by atoms with Gasteiger partial charge in [-0.25, -0.2) is 9.38 Å². The molecule has 3 nitrogen and oxygen atoms in total. The van der Waals surface area contributed by atoms with E-state index in [9.17, 15) is 4.39 Å². The molecule has 92 valence electrons. The molecule has 1 rings (SSSR count). The summed E-state index contributed by atoms with van der Waals surface area (Å²) >= 11 is 10.3. The van der Waals surface area contributed by atoms with Crippen LogP contribution in [0.15, 0.2) is 17.1 Å². The highest BCUT2D eigenvalue weighted by Crippen LogP contribution is 2.31. The molecule has 0 fully saturated rings. The Morgan fingerprint density at radius 2 is 2.29 bits per heavy atom. The quantitative estimate of drug-likeness (QED) is 0.656. The molecule has 0 spiro atoms. The third kappa shape index (κ3) is 4.30. The number of nitrogens with one attached hydrogen (secondary N) is 1. The number of hydrogen-bond acceptors (Lipinski definition) is 4. The second kappa shape index (κ2) is 6.55. The lowest BCUT2D eigenvalue weighted by molar-refractivity contribution is 0.242. The number of ether oxygens (including phenoxy) is 1. The summed E-state index contributed by atoms with van der Waals surface area (Å²) in [5.41, 5.74) is 0.263. The maximum absolute atomic E-state index is 13.5. The van der Waals surface area contributed by atoms with Crippen molar-refractivity contribution < 1.29 is 9.13 Å². The Hall–Kier alpha value is -1.16. The van der Waals surface area contributed by atoms with Crippen molar-refractivity contribution in [1.29, 1.82) is 0 Å². The maximum atomic E-state index is 13.5. The molecule has 0 aliphatic carbocycles. The Morgan fingerprint density at radius 1 is 1.59 bits per heavy atom. The average molecular weight is 275 g/mol. The van der Waals surface area contributed by atoms with E-state index in [0.717, 1.165) is 0 Å². The van der Waals surface area contributed by atoms with Gasteiger partial charge in [0.2, 0.25) is 0 Å². The van der Waals surface area contributed by atoms with Crippen LogP contribution in [0, 0.1) is 5.82 Å². The van der Waals surface area contributed by atoms with Gasteiger partial charge in [0.25, 0.3) is 0 Å². The lowest BCUT2D eigenvalue weighted by Gasteiger charge is -2.13. The third-order valence-electron chi connectivity index (χ3n) is 1.80. The zero-order valence-electron chi connectivity index (χ0n) is 9.46. The van der Waals surface area contributed by atoms with E-state index in [0.29, 0.717) is 5.75 Å². The number of nitrogens with zero attached hydrogens (tertiary/aromatic N) is 1. The molecular formula is C11H12ClFN2OS. The molecule has 0 radical (unpaired) electrons. The second-order valence-electron chi connectivity index (χ2n) is 3.51. The highest BCUT2D eigenvalue weighted by molar-refractivity contribution is 7.78. The van der Waals surface area contributed by atoms with Crippen LogP contribution in [0.25, 0.3) is 0 Å². The molecule has 0 aromatic heterocycles. The van der Waals surface area contributed by atoms with E-state index in [4.69, 9.17) is 16.3 Å². The van der Waals surface area contributed by atoms with Crippen molar-refractivity contribution in [2.24, 2.45) is 4.99 Å². The van der Waals surface area contributed by atoms with Crippen LogP contribution in [0.2, 0.25) is 5.02 Å². The van der Waals surface area contributed by atoms with Gasteiger partial charge in [0, 0.05) is 6.07 Å². The van der Waals surface area contributed by atoms with E-state index in [1.165, 1.54) is 12.1 Å². The lowest BCUT2D eigenvalue weighted by atomic mass is 10.3. The zero-order chi connectivity index (χ0) is 12.8. The van der Waals surface area contributed by atoms with Crippen molar-refractivity contribution in [3.63, 3.8) is 0 Å². The summed E-state index contributed by atoms with van der Waals surface area (Å²) in [6.45, 7) is 3.88. The van der Waals surface area contributed by atoms with Crippen LogP contribution in [-0.4, -0.2) is 17.9 Å². The predicted octanol–water partition coefficient (Wildman–Crippen LogP) is 3.74. The van der Waals surface area contributed by atoms with Gasteiger partial charge in [-0.05, 0) is 32.1 Å². The van der Waals surface area contributed by atoms with E-state index in [-0.39, 0.29) is 23.5 Å². The van der Waals surface area contributed by atoms with Crippen molar-refractivity contribution in [2.45, 2.75) is 20.0 Å². The number of halogens is 2. The Labute approximate surface area is 110 Å². The van der Waals surface area contributed by atoms with E-state index in [1.807, 2.05) is 13.8 Å². The van der Waals surface area contributed by atoms with Crippen molar-refractivity contribution >= 4 is 34.7 Å². The van der Waals surface area contributed by atoms with Crippen molar-refractivity contribution in [1.82, 2.24) is 0 Å². The molecule has 0 atom stereocenters. The van der Waals surface area contributed by atoms with Crippen LogP contribution in [0.3, 0.4) is 0 Å². The van der Waals surface area contributed by atoms with E-state index >= 15 is 0 Å². The average Bonchev–Trinajstić information content (AvgIpc) is 2.24. The predicted molar refractivity (Wildman–Crippen MR) is 70.7 cm³/mol. The first-order chi connectivity index (χ1) is 8.04. The van der Waals surface area contributed by atoms with E-state index in [1.54, 1.807) is 0 Å². The lowest BCUT2D eigenvalue weighted by Crippen LogP contribution is -2.07. The number of benzene rings is 1. The molecule has 0 saturated heterocycles. The molecule has 0 amide bonds. The summed E-state index contributed by atoms with van der Waals surface area (Å²) in [4.78, 5) is 3.63. The summed E-state index contributed by atoms with van der Waals surface area (Å²) in [5.74, 6) is -0.0393. The topological polar surface area (TPSA) is 33.6 Å². The molecule has 0 aliphatic heterocycles. The van der Waals surface area contributed by atoms with Gasteiger partial charge >= 0.3 is 0 Å². The molecule has 1 aromatic carbocycles. The minimum atomic E-state index is -0.467. The summed E-state index contributed by atoms with van der Waals surface area (Å²) < 4.78 is 18.9. The number of rotatable bonds is 5. The largest absolute Gasteiger partial charge is 0.489 e. The smallest absolute Gasteiger partial charge is 0.148 e. The fourth-order valence-corrected chi connectivity index (χ4v) is 1.43. The van der Waals surface area contributed by atoms with Crippen LogP contribution in [0.4, 0.5) is 10.1 Å². The van der Waals surface area contributed by atoms with Crippen LogP contribution in [-0.2, 0) is 0 Å². The van der Waals surface area contributed by atoms with Gasteiger partial charge in [-0.1, -0.05) is 11.6 Å². The van der Waals surface area contributed by atoms with Gasteiger partial charge in [0.05, 0.1) is 22.0 Å². The Kier molecular flexibility index (Phi) is 5.35. The summed E-state index contributed by atoms with van der Waals surface area (Å²) in [6, 6.07) is 2.69. The number of hydrogen-bond donors (Lipinski definition) is 1. The SMILES string of the molecule is CC(C)Oc1cc(NCN=C=S)c(F)cc1Cl. The number of thiocarbonyl (C=S) groups is 1. The molecule has 1 N–H and O–H groups in total. The van der Waals surface area contributed by atoms with Gasteiger partial charge in [0.15, 0.2) is 0 Å². The first-order valence-electron chi connectivity index (χ1n) is 4.97. The standard InChI is InChI=1S/C11H12ClFN2OS/c1-7(2)16-11-4-10(15-5-14-6-17)9(13)3-8(11)12/h3-4,7,15H,5H2,1-2H3. The normalized spacial score (nSPS) is 9.94. The van der Waals surface area contributed by atoms with Crippen molar-refractivity contribution in [2.75, 3.05) is 12.0 Å². The molecular weight excluding hydrogens is 263 g/mol. The van der Waals surface area contributed by atoms with Gasteiger partial charge in [0.1, 0.15) is 18.2 Å². The second-order valence-corrected chi connectivity index (χ2v) is 4.10. The first kappa shape index (κ1) is 13.9. The van der Waals surface area contributed by atoms with Crippen molar-refractivity contribution in [3.8, 4) is 5.75 Å². The van der Waals surface area contributed by atoms with Gasteiger partial charge in [-0.15, -0.1) is 0 Å². The maximum Gasteiger partial charge on any atom is 0.148 e. The highest BCUT2D eigenvalue weighted by atomic mass is 35.5.